The third-order valence-electron chi connectivity index (χ3n) is 3.92. The van der Waals surface area contributed by atoms with Crippen molar-refractivity contribution in [1.82, 2.24) is 10.4 Å². The standard InChI is InChI=1S/C15H18N2O3/c18-14-6-5-11(8-16-14)7-15(19)17-9-12-3-1-2-4-13(12)10-20-17/h1-4,11H,5-10H2,(H,16,18). The Morgan fingerprint density at radius 1 is 1.35 bits per heavy atom. The number of benzene rings is 1. The number of carbonyl (C=O) groups excluding carboxylic acids is 2. The molecule has 0 aromatic heterocycles. The molecule has 2 amide bonds. The molecule has 1 aromatic carbocycles. The first kappa shape index (κ1) is 13.1. The number of hydrogen-bond acceptors (Lipinski definition) is 3. The molecule has 2 heterocycles. The minimum Gasteiger partial charge on any atom is -0.356 e. The highest BCUT2D eigenvalue weighted by Gasteiger charge is 2.26. The number of nitrogens with one attached hydrogen (secondary N) is 1. The van der Waals surface area contributed by atoms with Crippen LogP contribution in [-0.4, -0.2) is 23.4 Å². The molecule has 20 heavy (non-hydrogen) atoms. The number of piperidine rings is 1. The molecular formula is C15H18N2O3. The van der Waals surface area contributed by atoms with Crippen LogP contribution in [0.3, 0.4) is 0 Å². The first-order valence-electron chi connectivity index (χ1n) is 6.99. The molecule has 3 rings (SSSR count). The summed E-state index contributed by atoms with van der Waals surface area (Å²) in [6, 6.07) is 8.00. The third kappa shape index (κ3) is 2.82. The van der Waals surface area contributed by atoms with Crippen molar-refractivity contribution in [1.29, 1.82) is 0 Å². The van der Waals surface area contributed by atoms with Gasteiger partial charge >= 0.3 is 0 Å². The topological polar surface area (TPSA) is 58.6 Å². The van der Waals surface area contributed by atoms with Gasteiger partial charge in [-0.15, -0.1) is 0 Å². The second kappa shape index (κ2) is 5.63. The average Bonchev–Trinajstić information content (AvgIpc) is 2.49. The van der Waals surface area contributed by atoms with Crippen LogP contribution in [0.5, 0.6) is 0 Å². The summed E-state index contributed by atoms with van der Waals surface area (Å²) < 4.78 is 0. The number of hydroxylamine groups is 2. The van der Waals surface area contributed by atoms with Gasteiger partial charge in [-0.05, 0) is 23.5 Å². The summed E-state index contributed by atoms with van der Waals surface area (Å²) in [6.07, 6.45) is 1.73. The van der Waals surface area contributed by atoms with Gasteiger partial charge in [-0.1, -0.05) is 24.3 Å². The lowest BCUT2D eigenvalue weighted by atomic mass is 9.95. The Balaban J connectivity index is 1.57. The number of fused-ring (bicyclic) bond motifs is 1. The Morgan fingerprint density at radius 2 is 2.15 bits per heavy atom. The molecule has 1 aromatic rings. The normalized spacial score (nSPS) is 22.1. The van der Waals surface area contributed by atoms with E-state index in [1.807, 2.05) is 24.3 Å². The van der Waals surface area contributed by atoms with E-state index in [0.29, 0.717) is 32.5 Å². The third-order valence-corrected chi connectivity index (χ3v) is 3.92. The van der Waals surface area contributed by atoms with Crippen LogP contribution >= 0.6 is 0 Å². The van der Waals surface area contributed by atoms with Crippen molar-refractivity contribution in [2.75, 3.05) is 6.54 Å². The Hall–Kier alpha value is -1.88. The largest absolute Gasteiger partial charge is 0.356 e. The lowest BCUT2D eigenvalue weighted by Gasteiger charge is -2.30. The molecule has 1 unspecified atom stereocenters. The van der Waals surface area contributed by atoms with E-state index >= 15 is 0 Å². The number of nitrogens with zero attached hydrogens (tertiary/aromatic N) is 1. The molecule has 0 spiro atoms. The van der Waals surface area contributed by atoms with E-state index in [-0.39, 0.29) is 17.7 Å². The number of hydrogen-bond donors (Lipinski definition) is 1. The molecule has 0 bridgehead atoms. The van der Waals surface area contributed by atoms with Crippen LogP contribution in [0.1, 0.15) is 30.4 Å². The highest BCUT2D eigenvalue weighted by atomic mass is 16.7. The maximum absolute atomic E-state index is 12.2. The lowest BCUT2D eigenvalue weighted by Crippen LogP contribution is -2.39. The summed E-state index contributed by atoms with van der Waals surface area (Å²) in [5.41, 5.74) is 2.28. The molecule has 106 valence electrons. The van der Waals surface area contributed by atoms with Crippen LogP contribution in [0.15, 0.2) is 24.3 Å². The summed E-state index contributed by atoms with van der Waals surface area (Å²) in [7, 11) is 0. The second-order valence-electron chi connectivity index (χ2n) is 5.39. The van der Waals surface area contributed by atoms with Gasteiger partial charge in [0, 0.05) is 19.4 Å². The molecule has 2 aliphatic rings. The van der Waals surface area contributed by atoms with Gasteiger partial charge < -0.3 is 5.32 Å². The Morgan fingerprint density at radius 3 is 2.90 bits per heavy atom. The Kier molecular flexibility index (Phi) is 3.69. The van der Waals surface area contributed by atoms with Crippen molar-refractivity contribution in [3.8, 4) is 0 Å². The Labute approximate surface area is 117 Å². The van der Waals surface area contributed by atoms with E-state index in [1.54, 1.807) is 0 Å². The van der Waals surface area contributed by atoms with Crippen LogP contribution in [0.2, 0.25) is 0 Å². The first-order valence-corrected chi connectivity index (χ1v) is 6.99. The number of amides is 2. The highest BCUT2D eigenvalue weighted by molar-refractivity contribution is 5.78. The van der Waals surface area contributed by atoms with E-state index in [1.165, 1.54) is 5.06 Å². The predicted octanol–water partition coefficient (Wildman–Crippen LogP) is 1.38. The van der Waals surface area contributed by atoms with Crippen molar-refractivity contribution < 1.29 is 14.4 Å². The number of carbonyl (C=O) groups is 2. The van der Waals surface area contributed by atoms with Crippen molar-refractivity contribution in [2.45, 2.75) is 32.4 Å². The van der Waals surface area contributed by atoms with Crippen LogP contribution in [0, 0.1) is 5.92 Å². The molecule has 0 saturated carbocycles. The fourth-order valence-corrected chi connectivity index (χ4v) is 2.67. The van der Waals surface area contributed by atoms with Gasteiger partial charge in [0.2, 0.25) is 11.8 Å². The molecule has 1 atom stereocenters. The van der Waals surface area contributed by atoms with Crippen LogP contribution in [0.25, 0.3) is 0 Å². The van der Waals surface area contributed by atoms with Gasteiger partial charge in [-0.3, -0.25) is 14.4 Å². The van der Waals surface area contributed by atoms with E-state index in [0.717, 1.165) is 17.5 Å². The van der Waals surface area contributed by atoms with E-state index in [9.17, 15) is 9.59 Å². The van der Waals surface area contributed by atoms with Crippen LogP contribution < -0.4 is 5.32 Å². The summed E-state index contributed by atoms with van der Waals surface area (Å²) >= 11 is 0. The molecule has 1 fully saturated rings. The zero-order chi connectivity index (χ0) is 13.9. The molecule has 0 radical (unpaired) electrons. The summed E-state index contributed by atoms with van der Waals surface area (Å²) in [6.45, 7) is 1.55. The summed E-state index contributed by atoms with van der Waals surface area (Å²) in [5, 5.41) is 4.26. The zero-order valence-electron chi connectivity index (χ0n) is 11.3. The molecule has 2 aliphatic heterocycles. The summed E-state index contributed by atoms with van der Waals surface area (Å²) in [5.74, 6) is 0.304. The van der Waals surface area contributed by atoms with Crippen LogP contribution in [-0.2, 0) is 27.6 Å². The zero-order valence-corrected chi connectivity index (χ0v) is 11.3. The molecule has 5 nitrogen and oxygen atoms in total. The average molecular weight is 274 g/mol. The van der Waals surface area contributed by atoms with E-state index < -0.39 is 0 Å². The fraction of sp³-hybridized carbons (Fsp3) is 0.467. The quantitative estimate of drug-likeness (QED) is 0.886. The SMILES string of the molecule is O=C1CCC(CC(=O)N2Cc3ccccc3CO2)CN1. The molecule has 1 N–H and O–H groups in total. The molecule has 1 saturated heterocycles. The molecule has 5 heteroatoms. The highest BCUT2D eigenvalue weighted by Crippen LogP contribution is 2.22. The van der Waals surface area contributed by atoms with Gasteiger partial charge in [0.05, 0.1) is 6.54 Å². The summed E-state index contributed by atoms with van der Waals surface area (Å²) in [4.78, 5) is 28.9. The smallest absolute Gasteiger partial charge is 0.246 e. The van der Waals surface area contributed by atoms with Gasteiger partial charge in [-0.2, -0.15) is 0 Å². The van der Waals surface area contributed by atoms with Crippen LogP contribution in [0.4, 0.5) is 0 Å². The monoisotopic (exact) mass is 274 g/mol. The van der Waals surface area contributed by atoms with Gasteiger partial charge in [0.1, 0.15) is 6.61 Å². The minimum absolute atomic E-state index is 0.000604. The van der Waals surface area contributed by atoms with Gasteiger partial charge in [0.25, 0.3) is 0 Å². The van der Waals surface area contributed by atoms with E-state index in [2.05, 4.69) is 5.32 Å². The van der Waals surface area contributed by atoms with Crippen molar-refractivity contribution in [3.63, 3.8) is 0 Å². The maximum Gasteiger partial charge on any atom is 0.246 e. The van der Waals surface area contributed by atoms with Gasteiger partial charge in [-0.25, -0.2) is 5.06 Å². The molecular weight excluding hydrogens is 256 g/mol. The van der Waals surface area contributed by atoms with E-state index in [4.69, 9.17) is 4.84 Å². The lowest BCUT2D eigenvalue weighted by molar-refractivity contribution is -0.201. The number of rotatable bonds is 2. The van der Waals surface area contributed by atoms with Crippen molar-refractivity contribution in [2.24, 2.45) is 5.92 Å². The van der Waals surface area contributed by atoms with Crippen molar-refractivity contribution in [3.05, 3.63) is 35.4 Å². The predicted molar refractivity (Wildman–Crippen MR) is 72.1 cm³/mol. The maximum atomic E-state index is 12.2. The first-order chi connectivity index (χ1) is 9.72. The minimum atomic E-state index is 0.000604. The fourth-order valence-electron chi connectivity index (χ4n) is 2.67. The van der Waals surface area contributed by atoms with Crippen molar-refractivity contribution >= 4 is 11.8 Å². The Bertz CT molecular complexity index is 520. The second-order valence-corrected chi connectivity index (χ2v) is 5.39. The van der Waals surface area contributed by atoms with Gasteiger partial charge in [0.15, 0.2) is 0 Å². The molecule has 0 aliphatic carbocycles.